The van der Waals surface area contributed by atoms with E-state index in [9.17, 15) is 4.79 Å². The molecule has 0 unspecified atom stereocenters. The van der Waals surface area contributed by atoms with Gasteiger partial charge in [0.25, 0.3) is 0 Å². The van der Waals surface area contributed by atoms with Crippen molar-refractivity contribution in [1.29, 1.82) is 0 Å². The lowest BCUT2D eigenvalue weighted by molar-refractivity contribution is 0.197. The average molecular weight is 377 g/mol. The van der Waals surface area contributed by atoms with E-state index in [2.05, 4.69) is 15.5 Å². The monoisotopic (exact) mass is 377 g/mol. The van der Waals surface area contributed by atoms with E-state index in [1.165, 1.54) is 25.7 Å². The van der Waals surface area contributed by atoms with Gasteiger partial charge in [0, 0.05) is 31.4 Å². The molecule has 0 spiro atoms. The minimum Gasteiger partial charge on any atom is -0.325 e. The van der Waals surface area contributed by atoms with Gasteiger partial charge in [0.05, 0.1) is 0 Å². The number of urea groups is 1. The Labute approximate surface area is 165 Å². The first-order valence-corrected chi connectivity index (χ1v) is 10.1. The molecule has 4 rings (SSSR count). The zero-order valence-corrected chi connectivity index (χ0v) is 16.3. The van der Waals surface area contributed by atoms with Crippen LogP contribution < -0.4 is 5.32 Å². The summed E-state index contributed by atoms with van der Waals surface area (Å²) < 4.78 is 2.00. The summed E-state index contributed by atoms with van der Waals surface area (Å²) >= 11 is 0. The molecule has 146 valence electrons. The van der Waals surface area contributed by atoms with E-state index in [1.54, 1.807) is 0 Å². The fourth-order valence-corrected chi connectivity index (χ4v) is 3.92. The van der Waals surface area contributed by atoms with E-state index in [0.717, 1.165) is 35.6 Å². The molecule has 0 aliphatic heterocycles. The van der Waals surface area contributed by atoms with Crippen LogP contribution in [-0.4, -0.2) is 38.6 Å². The molecule has 0 bridgehead atoms. The molecule has 1 aliphatic rings. The highest BCUT2D eigenvalue weighted by Gasteiger charge is 2.21. The first-order valence-electron chi connectivity index (χ1n) is 10.1. The first-order chi connectivity index (χ1) is 13.7. The van der Waals surface area contributed by atoms with Gasteiger partial charge in [-0.05, 0) is 42.7 Å². The molecule has 3 aromatic rings. The number of nitrogens with one attached hydrogen (secondary N) is 1. The van der Waals surface area contributed by atoms with Gasteiger partial charge in [0.1, 0.15) is 5.82 Å². The summed E-state index contributed by atoms with van der Waals surface area (Å²) in [6.07, 6.45) is 9.89. The summed E-state index contributed by atoms with van der Waals surface area (Å²) in [5.41, 5.74) is 2.80. The highest BCUT2D eigenvalue weighted by molar-refractivity contribution is 5.89. The van der Waals surface area contributed by atoms with Crippen LogP contribution in [0.4, 0.5) is 10.5 Å². The summed E-state index contributed by atoms with van der Waals surface area (Å²) in [6, 6.07) is 14.2. The van der Waals surface area contributed by atoms with Crippen LogP contribution in [0.2, 0.25) is 0 Å². The number of pyridine rings is 1. The Balaban J connectivity index is 1.38. The molecule has 6 nitrogen and oxygen atoms in total. The minimum atomic E-state index is -0.0249. The highest BCUT2D eigenvalue weighted by atomic mass is 16.2. The summed E-state index contributed by atoms with van der Waals surface area (Å²) in [7, 11) is 1.91. The van der Waals surface area contributed by atoms with Crippen LogP contribution in [0.3, 0.4) is 0 Å². The largest absolute Gasteiger partial charge is 0.325 e. The number of carbonyl (C=O) groups is 1. The van der Waals surface area contributed by atoms with Crippen LogP contribution in [0.15, 0.2) is 48.7 Å². The third kappa shape index (κ3) is 4.16. The summed E-state index contributed by atoms with van der Waals surface area (Å²) in [6.45, 7) is 0. The number of carbonyl (C=O) groups excluding carboxylic acids is 1. The number of hydrogen-bond acceptors (Lipinski definition) is 3. The molecule has 6 heteroatoms. The molecular weight excluding hydrogens is 350 g/mol. The molecule has 1 saturated carbocycles. The lowest BCUT2D eigenvalue weighted by Gasteiger charge is -2.27. The van der Waals surface area contributed by atoms with Crippen molar-refractivity contribution >= 4 is 17.4 Å². The van der Waals surface area contributed by atoms with E-state index >= 15 is 0 Å². The minimum absolute atomic E-state index is 0.0249. The number of nitrogens with zero attached hydrogens (tertiary/aromatic N) is 4. The van der Waals surface area contributed by atoms with Crippen LogP contribution in [0.1, 0.15) is 49.9 Å². The van der Waals surface area contributed by atoms with Crippen molar-refractivity contribution in [2.45, 2.75) is 51.0 Å². The molecule has 0 atom stereocenters. The number of anilines is 1. The molecule has 2 aromatic heterocycles. The van der Waals surface area contributed by atoms with Crippen LogP contribution >= 0.6 is 0 Å². The standard InChI is InChI=1S/C22H27N5O/c1-26(19-8-4-2-3-5-9-19)22(28)23-18-13-11-17(12-14-18)16-21-25-24-20-10-6-7-15-27(20)21/h6-7,10-15,19H,2-5,8-9,16H2,1H3,(H,23,28). The van der Waals surface area contributed by atoms with E-state index < -0.39 is 0 Å². The van der Waals surface area contributed by atoms with Gasteiger partial charge in [-0.1, -0.05) is 43.9 Å². The van der Waals surface area contributed by atoms with Crippen LogP contribution in [0.5, 0.6) is 0 Å². The first kappa shape index (κ1) is 18.5. The third-order valence-corrected chi connectivity index (χ3v) is 5.64. The molecule has 0 saturated heterocycles. The smallest absolute Gasteiger partial charge is 0.321 e. The van der Waals surface area contributed by atoms with Crippen molar-refractivity contribution in [2.24, 2.45) is 0 Å². The normalized spacial score (nSPS) is 15.3. The van der Waals surface area contributed by atoms with Crippen molar-refractivity contribution in [3.63, 3.8) is 0 Å². The molecule has 1 aromatic carbocycles. The maximum atomic E-state index is 12.6. The van der Waals surface area contributed by atoms with E-state index in [4.69, 9.17) is 0 Å². The molecular formula is C22H27N5O. The third-order valence-electron chi connectivity index (χ3n) is 5.64. The Bertz CT molecular complexity index is 926. The molecule has 1 aliphatic carbocycles. The van der Waals surface area contributed by atoms with Crippen molar-refractivity contribution < 1.29 is 4.79 Å². The van der Waals surface area contributed by atoms with Gasteiger partial charge >= 0.3 is 6.03 Å². The predicted molar refractivity (Wildman–Crippen MR) is 111 cm³/mol. The van der Waals surface area contributed by atoms with Crippen LogP contribution in [0.25, 0.3) is 5.65 Å². The molecule has 2 amide bonds. The molecule has 1 N–H and O–H groups in total. The fraction of sp³-hybridized carbons (Fsp3) is 0.409. The van der Waals surface area contributed by atoms with Gasteiger partial charge in [-0.15, -0.1) is 10.2 Å². The number of benzene rings is 1. The second kappa shape index (κ2) is 8.42. The van der Waals surface area contributed by atoms with Crippen molar-refractivity contribution in [2.75, 3.05) is 12.4 Å². The molecule has 2 heterocycles. The molecule has 28 heavy (non-hydrogen) atoms. The SMILES string of the molecule is CN(C(=O)Nc1ccc(Cc2nnc3ccccn23)cc1)C1CCCCCC1. The number of hydrogen-bond donors (Lipinski definition) is 1. The van der Waals surface area contributed by atoms with Gasteiger partial charge in [-0.3, -0.25) is 4.40 Å². The maximum Gasteiger partial charge on any atom is 0.321 e. The second-order valence-corrected chi connectivity index (χ2v) is 7.61. The Morgan fingerprint density at radius 3 is 2.57 bits per heavy atom. The zero-order valence-electron chi connectivity index (χ0n) is 16.3. The summed E-state index contributed by atoms with van der Waals surface area (Å²) in [5.74, 6) is 0.903. The Kier molecular flexibility index (Phi) is 5.55. The highest BCUT2D eigenvalue weighted by Crippen LogP contribution is 2.22. The zero-order chi connectivity index (χ0) is 19.3. The van der Waals surface area contributed by atoms with Crippen molar-refractivity contribution in [3.8, 4) is 0 Å². The summed E-state index contributed by atoms with van der Waals surface area (Å²) in [4.78, 5) is 14.5. The van der Waals surface area contributed by atoms with Gasteiger partial charge in [-0.25, -0.2) is 4.79 Å². The van der Waals surface area contributed by atoms with Gasteiger partial charge in [0.2, 0.25) is 0 Å². The van der Waals surface area contributed by atoms with E-state index in [0.29, 0.717) is 12.5 Å². The van der Waals surface area contributed by atoms with Crippen molar-refractivity contribution in [3.05, 3.63) is 60.0 Å². The van der Waals surface area contributed by atoms with Crippen LogP contribution in [-0.2, 0) is 6.42 Å². The number of fused-ring (bicyclic) bond motifs is 1. The number of amides is 2. The molecule has 0 radical (unpaired) electrons. The number of rotatable bonds is 4. The lowest BCUT2D eigenvalue weighted by Crippen LogP contribution is -2.39. The van der Waals surface area contributed by atoms with E-state index in [-0.39, 0.29) is 6.03 Å². The number of aromatic nitrogens is 3. The van der Waals surface area contributed by atoms with Crippen molar-refractivity contribution in [1.82, 2.24) is 19.5 Å². The Hall–Kier alpha value is -2.89. The van der Waals surface area contributed by atoms with E-state index in [1.807, 2.05) is 65.0 Å². The average Bonchev–Trinajstić information content (AvgIpc) is 2.93. The summed E-state index contributed by atoms with van der Waals surface area (Å²) in [5, 5.41) is 11.5. The van der Waals surface area contributed by atoms with Crippen LogP contribution in [0, 0.1) is 0 Å². The Morgan fingerprint density at radius 1 is 1.07 bits per heavy atom. The quantitative estimate of drug-likeness (QED) is 0.681. The maximum absolute atomic E-state index is 12.6. The second-order valence-electron chi connectivity index (χ2n) is 7.61. The van der Waals surface area contributed by atoms with Gasteiger partial charge in [-0.2, -0.15) is 0 Å². The van der Waals surface area contributed by atoms with Gasteiger partial charge < -0.3 is 10.2 Å². The molecule has 1 fully saturated rings. The lowest BCUT2D eigenvalue weighted by atomic mass is 10.1. The Morgan fingerprint density at radius 2 is 1.82 bits per heavy atom. The predicted octanol–water partition coefficient (Wildman–Crippen LogP) is 4.51. The topological polar surface area (TPSA) is 62.5 Å². The fourth-order valence-electron chi connectivity index (χ4n) is 3.92. The van der Waals surface area contributed by atoms with Gasteiger partial charge in [0.15, 0.2) is 5.65 Å².